The zero-order chi connectivity index (χ0) is 10.4. The van der Waals surface area contributed by atoms with Crippen molar-refractivity contribution >= 4 is 5.97 Å². The van der Waals surface area contributed by atoms with E-state index >= 15 is 0 Å². The molecule has 6 nitrogen and oxygen atoms in total. The second-order valence-corrected chi connectivity index (χ2v) is 2.46. The molecule has 0 N–H and O–H groups in total. The number of nitrogens with zero attached hydrogens (tertiary/aromatic N) is 3. The van der Waals surface area contributed by atoms with Crippen LogP contribution in [0, 0.1) is 0 Å². The zero-order valence-corrected chi connectivity index (χ0v) is 7.64. The molecular weight excluding hydrogens is 186 g/mol. The van der Waals surface area contributed by atoms with Crippen LogP contribution in [-0.4, -0.2) is 19.6 Å². The Morgan fingerprint density at radius 1 is 1.71 bits per heavy atom. The summed E-state index contributed by atoms with van der Waals surface area (Å²) in [5.74, 6) is 0.237. The van der Waals surface area contributed by atoms with Crippen molar-refractivity contribution in [2.75, 3.05) is 13.7 Å². The maximum atomic E-state index is 11.0. The van der Waals surface area contributed by atoms with Crippen LogP contribution in [0.25, 0.3) is 10.4 Å². The third kappa shape index (κ3) is 2.53. The molecule has 1 aromatic heterocycles. The van der Waals surface area contributed by atoms with E-state index < -0.39 is 5.97 Å². The second-order valence-electron chi connectivity index (χ2n) is 2.46. The fourth-order valence-corrected chi connectivity index (χ4v) is 0.927. The van der Waals surface area contributed by atoms with Crippen LogP contribution in [0.1, 0.15) is 16.3 Å². The van der Waals surface area contributed by atoms with Crippen LogP contribution in [0.15, 0.2) is 21.7 Å². The zero-order valence-electron chi connectivity index (χ0n) is 7.64. The van der Waals surface area contributed by atoms with Gasteiger partial charge in [-0.1, -0.05) is 5.11 Å². The molecule has 0 aliphatic carbocycles. The van der Waals surface area contributed by atoms with Gasteiger partial charge in [0.2, 0.25) is 5.76 Å². The molecule has 6 heteroatoms. The number of esters is 1. The van der Waals surface area contributed by atoms with Crippen LogP contribution in [0.3, 0.4) is 0 Å². The highest BCUT2D eigenvalue weighted by molar-refractivity contribution is 5.86. The lowest BCUT2D eigenvalue weighted by Gasteiger charge is -1.93. The van der Waals surface area contributed by atoms with Crippen molar-refractivity contribution in [3.8, 4) is 0 Å². The van der Waals surface area contributed by atoms with Crippen LogP contribution < -0.4 is 0 Å². The van der Waals surface area contributed by atoms with Gasteiger partial charge in [-0.3, -0.25) is 0 Å². The summed E-state index contributed by atoms with van der Waals surface area (Å²) in [5, 5.41) is 3.35. The Morgan fingerprint density at radius 3 is 3.14 bits per heavy atom. The summed E-state index contributed by atoms with van der Waals surface area (Å²) in [6.45, 7) is 0.310. The third-order valence-corrected chi connectivity index (χ3v) is 1.57. The molecule has 0 unspecified atom stereocenters. The standard InChI is InChI=1S/C8H9N3O3/c1-13-8(12)7-3-2-6(14-7)4-5-10-11-9/h2-3H,4-5H2,1H3. The maximum absolute atomic E-state index is 11.0. The van der Waals surface area contributed by atoms with Crippen LogP contribution >= 0.6 is 0 Å². The molecule has 74 valence electrons. The summed E-state index contributed by atoms with van der Waals surface area (Å²) < 4.78 is 9.59. The van der Waals surface area contributed by atoms with Gasteiger partial charge in [0, 0.05) is 17.9 Å². The Bertz CT molecular complexity index is 366. The Morgan fingerprint density at radius 2 is 2.50 bits per heavy atom. The van der Waals surface area contributed by atoms with Crippen molar-refractivity contribution in [1.82, 2.24) is 0 Å². The minimum Gasteiger partial charge on any atom is -0.463 e. The normalized spacial score (nSPS) is 9.21. The number of hydrogen-bond acceptors (Lipinski definition) is 4. The Labute approximate surface area is 80.1 Å². The second kappa shape index (κ2) is 4.94. The number of methoxy groups -OCH3 is 1. The molecule has 1 heterocycles. The molecule has 0 aromatic carbocycles. The SMILES string of the molecule is COC(=O)c1ccc(CCN=[N+]=[N-])o1. The molecule has 0 atom stereocenters. The molecule has 14 heavy (non-hydrogen) atoms. The van der Waals surface area contributed by atoms with E-state index in [0.29, 0.717) is 18.7 Å². The first-order valence-electron chi connectivity index (χ1n) is 3.96. The highest BCUT2D eigenvalue weighted by Gasteiger charge is 2.10. The van der Waals surface area contributed by atoms with Crippen LogP contribution in [-0.2, 0) is 11.2 Å². The molecule has 0 aliphatic heterocycles. The number of rotatable bonds is 4. The largest absolute Gasteiger partial charge is 0.463 e. The quantitative estimate of drug-likeness (QED) is 0.318. The van der Waals surface area contributed by atoms with E-state index in [9.17, 15) is 4.79 Å². The van der Waals surface area contributed by atoms with Gasteiger partial charge in [0.25, 0.3) is 0 Å². The predicted molar refractivity (Wildman–Crippen MR) is 47.8 cm³/mol. The van der Waals surface area contributed by atoms with Crippen molar-refractivity contribution in [2.24, 2.45) is 5.11 Å². The van der Waals surface area contributed by atoms with Gasteiger partial charge < -0.3 is 9.15 Å². The Balaban J connectivity index is 2.59. The summed E-state index contributed by atoms with van der Waals surface area (Å²) in [7, 11) is 1.28. The molecular formula is C8H9N3O3. The smallest absolute Gasteiger partial charge is 0.373 e. The van der Waals surface area contributed by atoms with Gasteiger partial charge in [-0.05, 0) is 17.7 Å². The van der Waals surface area contributed by atoms with Crippen molar-refractivity contribution in [1.29, 1.82) is 0 Å². The lowest BCUT2D eigenvalue weighted by atomic mass is 10.3. The van der Waals surface area contributed by atoms with Crippen molar-refractivity contribution in [3.63, 3.8) is 0 Å². The van der Waals surface area contributed by atoms with Gasteiger partial charge in [-0.2, -0.15) is 0 Å². The summed E-state index contributed by atoms with van der Waals surface area (Å²) in [6.07, 6.45) is 0.473. The van der Waals surface area contributed by atoms with E-state index in [1.54, 1.807) is 6.07 Å². The summed E-state index contributed by atoms with van der Waals surface area (Å²) in [5.41, 5.74) is 8.03. The highest BCUT2D eigenvalue weighted by Crippen LogP contribution is 2.09. The topological polar surface area (TPSA) is 88.2 Å². The molecule has 0 amide bonds. The van der Waals surface area contributed by atoms with Gasteiger partial charge in [0.1, 0.15) is 5.76 Å². The minimum atomic E-state index is -0.514. The van der Waals surface area contributed by atoms with E-state index in [0.717, 1.165) is 0 Å². The first kappa shape index (κ1) is 10.1. The van der Waals surface area contributed by atoms with Gasteiger partial charge in [0.15, 0.2) is 0 Å². The average molecular weight is 195 g/mol. The van der Waals surface area contributed by atoms with E-state index in [1.807, 2.05) is 0 Å². The Hall–Kier alpha value is -1.94. The van der Waals surface area contributed by atoms with Gasteiger partial charge >= 0.3 is 5.97 Å². The number of furan rings is 1. The fraction of sp³-hybridized carbons (Fsp3) is 0.375. The van der Waals surface area contributed by atoms with E-state index in [2.05, 4.69) is 14.8 Å². The monoisotopic (exact) mass is 195 g/mol. The summed E-state index contributed by atoms with van der Waals surface area (Å²) in [6, 6.07) is 3.18. The first-order valence-corrected chi connectivity index (χ1v) is 3.96. The molecule has 0 spiro atoms. The van der Waals surface area contributed by atoms with Crippen LogP contribution in [0.5, 0.6) is 0 Å². The molecule has 1 rings (SSSR count). The minimum absolute atomic E-state index is 0.156. The van der Waals surface area contributed by atoms with Crippen molar-refractivity contribution in [3.05, 3.63) is 34.1 Å². The van der Waals surface area contributed by atoms with Crippen molar-refractivity contribution < 1.29 is 13.9 Å². The Kier molecular flexibility index (Phi) is 3.58. The van der Waals surface area contributed by atoms with E-state index in [-0.39, 0.29) is 5.76 Å². The van der Waals surface area contributed by atoms with Gasteiger partial charge in [-0.15, -0.1) is 0 Å². The van der Waals surface area contributed by atoms with Crippen LogP contribution in [0.4, 0.5) is 0 Å². The van der Waals surface area contributed by atoms with Crippen molar-refractivity contribution in [2.45, 2.75) is 6.42 Å². The number of azide groups is 1. The molecule has 0 bridgehead atoms. The van der Waals surface area contributed by atoms with E-state index in [1.165, 1.54) is 13.2 Å². The molecule has 0 aliphatic rings. The first-order chi connectivity index (χ1) is 6.77. The highest BCUT2D eigenvalue weighted by atomic mass is 16.5. The molecule has 0 radical (unpaired) electrons. The molecule has 0 saturated heterocycles. The number of hydrogen-bond donors (Lipinski definition) is 0. The van der Waals surface area contributed by atoms with Gasteiger partial charge in [0.05, 0.1) is 7.11 Å². The number of ether oxygens (including phenoxy) is 1. The predicted octanol–water partition coefficient (Wildman–Crippen LogP) is 1.92. The third-order valence-electron chi connectivity index (χ3n) is 1.57. The molecule has 0 fully saturated rings. The summed E-state index contributed by atoms with van der Waals surface area (Å²) >= 11 is 0. The fourth-order valence-electron chi connectivity index (χ4n) is 0.927. The van der Waals surface area contributed by atoms with E-state index in [4.69, 9.17) is 9.95 Å². The molecule has 1 aromatic rings. The number of carbonyl (C=O) groups is 1. The molecule has 0 saturated carbocycles. The van der Waals surface area contributed by atoms with Crippen LogP contribution in [0.2, 0.25) is 0 Å². The summed E-state index contributed by atoms with van der Waals surface area (Å²) in [4.78, 5) is 13.6. The lowest BCUT2D eigenvalue weighted by Crippen LogP contribution is -1.98. The average Bonchev–Trinajstić information content (AvgIpc) is 2.66. The van der Waals surface area contributed by atoms with Gasteiger partial charge in [-0.25, -0.2) is 4.79 Å². The number of carbonyl (C=O) groups excluding carboxylic acids is 1. The maximum Gasteiger partial charge on any atom is 0.373 e. The lowest BCUT2D eigenvalue weighted by molar-refractivity contribution is 0.0563.